The highest BCUT2D eigenvalue weighted by Gasteiger charge is 2.34. The van der Waals surface area contributed by atoms with E-state index in [9.17, 15) is 26.4 Å². The molecule has 10 heteroatoms. The summed E-state index contributed by atoms with van der Waals surface area (Å²) in [7, 11) is -4.28. The SMILES string of the molecule is CC(C)c1cc(C(F)(F)F)cc(S(=O)(=O)NC2CCCCc3c(OCC(=O)O)cccc32)c1. The van der Waals surface area contributed by atoms with E-state index in [0.717, 1.165) is 12.5 Å². The molecule has 6 nitrogen and oxygen atoms in total. The van der Waals surface area contributed by atoms with Crippen LogP contribution in [0.15, 0.2) is 41.3 Å². The predicted octanol–water partition coefficient (Wildman–Crippen LogP) is 5.04. The molecule has 0 spiro atoms. The van der Waals surface area contributed by atoms with Gasteiger partial charge in [-0.05, 0) is 66.1 Å². The van der Waals surface area contributed by atoms with E-state index in [1.165, 1.54) is 6.07 Å². The topological polar surface area (TPSA) is 92.7 Å². The van der Waals surface area contributed by atoms with Crippen molar-refractivity contribution in [3.05, 3.63) is 58.7 Å². The summed E-state index contributed by atoms with van der Waals surface area (Å²) in [5.41, 5.74) is 0.599. The Morgan fingerprint density at radius 2 is 1.94 bits per heavy atom. The van der Waals surface area contributed by atoms with Crippen LogP contribution in [-0.4, -0.2) is 26.1 Å². The third kappa shape index (κ3) is 6.05. The fourth-order valence-electron chi connectivity index (χ4n) is 3.91. The van der Waals surface area contributed by atoms with Gasteiger partial charge in [-0.2, -0.15) is 13.2 Å². The third-order valence-electron chi connectivity index (χ3n) is 5.60. The first kappa shape index (κ1) is 25.0. The summed E-state index contributed by atoms with van der Waals surface area (Å²) < 4.78 is 74.6. The Balaban J connectivity index is 1.99. The van der Waals surface area contributed by atoms with E-state index < -0.39 is 45.3 Å². The van der Waals surface area contributed by atoms with Gasteiger partial charge in [0.15, 0.2) is 6.61 Å². The summed E-state index contributed by atoms with van der Waals surface area (Å²) in [6.45, 7) is 2.86. The zero-order chi connectivity index (χ0) is 24.4. The smallest absolute Gasteiger partial charge is 0.416 e. The van der Waals surface area contributed by atoms with Crippen LogP contribution < -0.4 is 9.46 Å². The van der Waals surface area contributed by atoms with Gasteiger partial charge in [0.05, 0.1) is 10.5 Å². The fraction of sp³-hybridized carbons (Fsp3) is 0.435. The number of sulfonamides is 1. The van der Waals surface area contributed by atoms with Crippen molar-refractivity contribution in [2.45, 2.75) is 62.6 Å². The van der Waals surface area contributed by atoms with Gasteiger partial charge in [0, 0.05) is 6.04 Å². The lowest BCUT2D eigenvalue weighted by Gasteiger charge is -2.22. The van der Waals surface area contributed by atoms with Gasteiger partial charge in [0.25, 0.3) is 0 Å². The second-order valence-corrected chi connectivity index (χ2v) is 10.1. The quantitative estimate of drug-likeness (QED) is 0.536. The fourth-order valence-corrected chi connectivity index (χ4v) is 5.24. The maximum Gasteiger partial charge on any atom is 0.416 e. The molecule has 0 saturated carbocycles. The van der Waals surface area contributed by atoms with Crippen molar-refractivity contribution in [1.82, 2.24) is 4.72 Å². The number of halogens is 3. The monoisotopic (exact) mass is 485 g/mol. The standard InChI is InChI=1S/C23H26F3NO5S/c1-14(2)15-10-16(23(24,25)26)12-17(11-15)33(30,31)27-20-8-4-3-6-19-18(20)7-5-9-21(19)32-13-22(28)29/h5,7,9-12,14,20,27H,3-4,6,8,13H2,1-2H3,(H,28,29). The van der Waals surface area contributed by atoms with Crippen molar-refractivity contribution in [3.63, 3.8) is 0 Å². The second kappa shape index (κ2) is 9.72. The molecule has 180 valence electrons. The summed E-state index contributed by atoms with van der Waals surface area (Å²) in [5, 5.41) is 8.91. The Hall–Kier alpha value is -2.59. The van der Waals surface area contributed by atoms with Crippen LogP contribution in [0.5, 0.6) is 5.75 Å². The van der Waals surface area contributed by atoms with E-state index in [-0.39, 0.29) is 11.5 Å². The number of rotatable bonds is 7. The average molecular weight is 486 g/mol. The van der Waals surface area contributed by atoms with E-state index >= 15 is 0 Å². The minimum atomic E-state index is -4.68. The Morgan fingerprint density at radius 1 is 1.21 bits per heavy atom. The van der Waals surface area contributed by atoms with Crippen LogP contribution in [-0.2, 0) is 27.4 Å². The van der Waals surface area contributed by atoms with Crippen LogP contribution in [0.1, 0.15) is 67.3 Å². The number of hydrogen-bond acceptors (Lipinski definition) is 4. The van der Waals surface area contributed by atoms with Gasteiger partial charge >= 0.3 is 12.1 Å². The molecule has 0 radical (unpaired) electrons. The van der Waals surface area contributed by atoms with E-state index in [1.54, 1.807) is 32.0 Å². The molecule has 0 bridgehead atoms. The van der Waals surface area contributed by atoms with E-state index in [0.29, 0.717) is 42.2 Å². The first-order chi connectivity index (χ1) is 15.4. The third-order valence-corrected chi connectivity index (χ3v) is 7.05. The van der Waals surface area contributed by atoms with Gasteiger partial charge in [-0.1, -0.05) is 32.4 Å². The van der Waals surface area contributed by atoms with Crippen LogP contribution in [0.3, 0.4) is 0 Å². The Kier molecular flexibility index (Phi) is 7.38. The number of alkyl halides is 3. The number of carboxylic acids is 1. The molecule has 1 aliphatic carbocycles. The molecule has 0 fully saturated rings. The predicted molar refractivity (Wildman–Crippen MR) is 116 cm³/mol. The number of carbonyl (C=O) groups is 1. The Bertz CT molecular complexity index is 1130. The molecule has 0 aromatic heterocycles. The zero-order valence-corrected chi connectivity index (χ0v) is 19.1. The molecule has 1 unspecified atom stereocenters. The first-order valence-electron chi connectivity index (χ1n) is 10.6. The zero-order valence-electron chi connectivity index (χ0n) is 18.3. The first-order valence-corrected chi connectivity index (χ1v) is 12.1. The lowest BCUT2D eigenvalue weighted by molar-refractivity contribution is -0.139. The van der Waals surface area contributed by atoms with Crippen molar-refractivity contribution in [3.8, 4) is 5.75 Å². The Morgan fingerprint density at radius 3 is 2.58 bits per heavy atom. The molecule has 33 heavy (non-hydrogen) atoms. The molecule has 2 N–H and O–H groups in total. The number of nitrogens with one attached hydrogen (secondary N) is 1. The summed E-state index contributed by atoms with van der Waals surface area (Å²) >= 11 is 0. The van der Waals surface area contributed by atoms with E-state index in [1.807, 2.05) is 0 Å². The Labute approximate surface area is 190 Å². The lowest BCUT2D eigenvalue weighted by atomic mass is 9.99. The molecule has 0 amide bonds. The van der Waals surface area contributed by atoms with Crippen LogP contribution in [0.2, 0.25) is 0 Å². The number of carboxylic acid groups (broad SMARTS) is 1. The van der Waals surface area contributed by atoms with Crippen molar-refractivity contribution < 1.29 is 36.2 Å². The highest BCUT2D eigenvalue weighted by atomic mass is 32.2. The molecular weight excluding hydrogens is 459 g/mol. The highest BCUT2D eigenvalue weighted by Crippen LogP contribution is 2.37. The van der Waals surface area contributed by atoms with E-state index in [2.05, 4.69) is 4.72 Å². The minimum absolute atomic E-state index is 0.274. The summed E-state index contributed by atoms with van der Waals surface area (Å²) in [4.78, 5) is 10.5. The molecule has 3 rings (SSSR count). The van der Waals surface area contributed by atoms with Crippen LogP contribution in [0, 0.1) is 0 Å². The lowest BCUT2D eigenvalue weighted by Crippen LogP contribution is -2.29. The maximum absolute atomic E-state index is 13.4. The highest BCUT2D eigenvalue weighted by molar-refractivity contribution is 7.89. The van der Waals surface area contributed by atoms with Crippen molar-refractivity contribution in [2.75, 3.05) is 6.61 Å². The van der Waals surface area contributed by atoms with Gasteiger partial charge in [0.2, 0.25) is 10.0 Å². The summed E-state index contributed by atoms with van der Waals surface area (Å²) in [6, 6.07) is 7.20. The van der Waals surface area contributed by atoms with Crippen molar-refractivity contribution in [1.29, 1.82) is 0 Å². The summed E-state index contributed by atoms with van der Waals surface area (Å²) in [6.07, 6.45) is -2.24. The van der Waals surface area contributed by atoms with Crippen LogP contribution in [0.25, 0.3) is 0 Å². The van der Waals surface area contributed by atoms with Gasteiger partial charge in [-0.15, -0.1) is 0 Å². The number of ether oxygens (including phenoxy) is 1. The molecule has 2 aromatic rings. The van der Waals surface area contributed by atoms with Crippen LogP contribution >= 0.6 is 0 Å². The van der Waals surface area contributed by atoms with Gasteiger partial charge < -0.3 is 9.84 Å². The molecular formula is C23H26F3NO5S. The number of hydrogen-bond donors (Lipinski definition) is 2. The second-order valence-electron chi connectivity index (χ2n) is 8.37. The normalized spacial score (nSPS) is 16.8. The number of fused-ring (bicyclic) bond motifs is 1. The molecule has 0 heterocycles. The molecule has 2 aromatic carbocycles. The number of benzene rings is 2. The van der Waals surface area contributed by atoms with Gasteiger partial charge in [-0.25, -0.2) is 17.9 Å². The largest absolute Gasteiger partial charge is 0.482 e. The van der Waals surface area contributed by atoms with E-state index in [4.69, 9.17) is 9.84 Å². The van der Waals surface area contributed by atoms with Crippen molar-refractivity contribution >= 4 is 16.0 Å². The maximum atomic E-state index is 13.4. The number of aliphatic carboxylic acids is 1. The van der Waals surface area contributed by atoms with Gasteiger partial charge in [0.1, 0.15) is 5.75 Å². The molecule has 0 saturated heterocycles. The molecule has 0 aliphatic heterocycles. The average Bonchev–Trinajstić information content (AvgIpc) is 2.93. The van der Waals surface area contributed by atoms with Gasteiger partial charge in [-0.3, -0.25) is 0 Å². The molecule has 1 aliphatic rings. The molecule has 1 atom stereocenters. The van der Waals surface area contributed by atoms with Crippen LogP contribution in [0.4, 0.5) is 13.2 Å². The minimum Gasteiger partial charge on any atom is -0.482 e. The van der Waals surface area contributed by atoms with Crippen molar-refractivity contribution in [2.24, 2.45) is 0 Å². The summed E-state index contributed by atoms with van der Waals surface area (Å²) in [5.74, 6) is -1.07.